The smallest absolute Gasteiger partial charge is 0.261 e. The van der Waals surface area contributed by atoms with Crippen molar-refractivity contribution in [2.45, 2.75) is 71.3 Å². The molecule has 0 spiro atoms. The third-order valence-electron chi connectivity index (χ3n) is 9.61. The van der Waals surface area contributed by atoms with Crippen molar-refractivity contribution in [2.75, 3.05) is 30.6 Å². The SMILES string of the molecule is CC(C)(C)[C@H]1CCc2nc3sc(C(=O)NC(CCN4CCCC(c5cccnc5)C4)c4cccc(NS(C)(=O)=O)c4)cc3cc2C1. The molecule has 3 atom stereocenters. The van der Waals surface area contributed by atoms with Crippen LogP contribution in [0.4, 0.5) is 5.69 Å². The number of likely N-dealkylation sites (tertiary alicyclic amines) is 1. The van der Waals surface area contributed by atoms with E-state index >= 15 is 0 Å². The highest BCUT2D eigenvalue weighted by atomic mass is 32.2. The molecular weight excluding hydrogens is 615 g/mol. The molecule has 4 heterocycles. The number of benzene rings is 1. The Morgan fingerprint density at radius 2 is 1.98 bits per heavy atom. The lowest BCUT2D eigenvalue weighted by Crippen LogP contribution is -2.37. The standard InChI is InChI=1S/C36H45N5O3S2/c1-36(2,3)29-12-13-31-27(19-29)18-28-21-33(45-35(28)39-31)34(42)38-32(24-8-5-11-30(20-24)40-46(4,43)44)14-17-41-16-7-10-26(23-41)25-9-6-15-37-22-25/h5-6,8-9,11,15,18,20-22,26,29,32,40H,7,10,12-14,16-17,19,23H2,1-4H3,(H,38,42)/t26?,29-,32?/m0/s1. The Kier molecular flexibility index (Phi) is 9.50. The van der Waals surface area contributed by atoms with Crippen LogP contribution in [-0.2, 0) is 22.9 Å². The number of nitrogens with one attached hydrogen (secondary N) is 2. The van der Waals surface area contributed by atoms with Gasteiger partial charge in [-0.2, -0.15) is 0 Å². The number of piperidine rings is 1. The number of hydrogen-bond donors (Lipinski definition) is 2. The van der Waals surface area contributed by atoms with Gasteiger partial charge in [-0.3, -0.25) is 14.5 Å². The molecule has 8 nitrogen and oxygen atoms in total. The van der Waals surface area contributed by atoms with E-state index in [1.54, 1.807) is 6.07 Å². The topological polar surface area (TPSA) is 104 Å². The van der Waals surface area contributed by atoms with Crippen molar-refractivity contribution in [3.05, 3.63) is 88.2 Å². The first-order chi connectivity index (χ1) is 21.9. The number of fused-ring (bicyclic) bond motifs is 2. The van der Waals surface area contributed by atoms with E-state index in [1.165, 1.54) is 28.2 Å². The number of hydrogen-bond acceptors (Lipinski definition) is 7. The Labute approximate surface area is 277 Å². The van der Waals surface area contributed by atoms with Crippen molar-refractivity contribution in [3.8, 4) is 0 Å². The first-order valence-electron chi connectivity index (χ1n) is 16.3. The molecule has 0 bridgehead atoms. The summed E-state index contributed by atoms with van der Waals surface area (Å²) in [7, 11) is -3.44. The van der Waals surface area contributed by atoms with Gasteiger partial charge in [0.25, 0.3) is 5.91 Å². The number of amides is 1. The van der Waals surface area contributed by atoms with Crippen LogP contribution in [0.3, 0.4) is 0 Å². The summed E-state index contributed by atoms with van der Waals surface area (Å²) in [5.41, 5.74) is 5.35. The van der Waals surface area contributed by atoms with Gasteiger partial charge in [0.15, 0.2) is 0 Å². The Hall–Kier alpha value is -3.34. The van der Waals surface area contributed by atoms with E-state index < -0.39 is 10.0 Å². The minimum absolute atomic E-state index is 0.133. The summed E-state index contributed by atoms with van der Waals surface area (Å²) in [5.74, 6) is 0.925. The van der Waals surface area contributed by atoms with Gasteiger partial charge in [0.2, 0.25) is 10.0 Å². The molecule has 244 valence electrons. The minimum atomic E-state index is -3.44. The number of carbonyl (C=O) groups excluding carboxylic acids is 1. The fourth-order valence-corrected chi connectivity index (χ4v) is 8.51. The summed E-state index contributed by atoms with van der Waals surface area (Å²) in [4.78, 5) is 27.2. The predicted molar refractivity (Wildman–Crippen MR) is 187 cm³/mol. The molecule has 3 aromatic heterocycles. The zero-order chi connectivity index (χ0) is 32.5. The Bertz CT molecular complexity index is 1800. The maximum absolute atomic E-state index is 13.8. The van der Waals surface area contributed by atoms with E-state index in [0.29, 0.717) is 28.8 Å². The van der Waals surface area contributed by atoms with Crippen molar-refractivity contribution in [2.24, 2.45) is 11.3 Å². The second-order valence-corrected chi connectivity index (χ2v) is 16.9. The van der Waals surface area contributed by atoms with E-state index in [4.69, 9.17) is 4.98 Å². The molecule has 1 saturated heterocycles. The molecule has 6 rings (SSSR count). The number of nitrogens with zero attached hydrogens (tertiary/aromatic N) is 3. The number of aromatic nitrogens is 2. The number of carbonyl (C=O) groups is 1. The van der Waals surface area contributed by atoms with Crippen molar-refractivity contribution in [3.63, 3.8) is 0 Å². The molecular formula is C36H45N5O3S2. The molecule has 46 heavy (non-hydrogen) atoms. The zero-order valence-corrected chi connectivity index (χ0v) is 28.9. The van der Waals surface area contributed by atoms with E-state index in [0.717, 1.165) is 73.8 Å². The maximum atomic E-state index is 13.8. The third kappa shape index (κ3) is 7.96. The monoisotopic (exact) mass is 659 g/mol. The van der Waals surface area contributed by atoms with E-state index in [-0.39, 0.29) is 17.4 Å². The molecule has 0 radical (unpaired) electrons. The van der Waals surface area contributed by atoms with Crippen molar-refractivity contribution in [1.82, 2.24) is 20.2 Å². The first kappa shape index (κ1) is 32.6. The van der Waals surface area contributed by atoms with Gasteiger partial charge in [-0.15, -0.1) is 11.3 Å². The van der Waals surface area contributed by atoms with Crippen LogP contribution >= 0.6 is 11.3 Å². The highest BCUT2D eigenvalue weighted by Crippen LogP contribution is 2.38. The third-order valence-corrected chi connectivity index (χ3v) is 11.3. The van der Waals surface area contributed by atoms with Crippen LogP contribution in [0.2, 0.25) is 0 Å². The van der Waals surface area contributed by atoms with Crippen molar-refractivity contribution >= 4 is 43.2 Å². The van der Waals surface area contributed by atoms with Crippen molar-refractivity contribution < 1.29 is 13.2 Å². The van der Waals surface area contributed by atoms with E-state index in [1.807, 2.05) is 42.7 Å². The summed E-state index contributed by atoms with van der Waals surface area (Å²) in [6, 6.07) is 15.4. The fourth-order valence-electron chi connectivity index (χ4n) is 7.02. The van der Waals surface area contributed by atoms with Crippen LogP contribution in [0, 0.1) is 11.3 Å². The van der Waals surface area contributed by atoms with E-state index in [9.17, 15) is 13.2 Å². The second-order valence-electron chi connectivity index (χ2n) is 14.1. The van der Waals surface area contributed by atoms with Gasteiger partial charge in [-0.25, -0.2) is 13.4 Å². The summed E-state index contributed by atoms with van der Waals surface area (Å²) in [5, 5.41) is 4.33. The lowest BCUT2D eigenvalue weighted by Gasteiger charge is -2.34. The van der Waals surface area contributed by atoms with Gasteiger partial charge < -0.3 is 10.2 Å². The van der Waals surface area contributed by atoms with Crippen LogP contribution in [-0.4, -0.2) is 55.1 Å². The predicted octanol–water partition coefficient (Wildman–Crippen LogP) is 6.95. The highest BCUT2D eigenvalue weighted by Gasteiger charge is 2.30. The highest BCUT2D eigenvalue weighted by molar-refractivity contribution is 7.92. The summed E-state index contributed by atoms with van der Waals surface area (Å²) in [6.45, 7) is 9.71. The molecule has 4 aromatic rings. The lowest BCUT2D eigenvalue weighted by atomic mass is 9.71. The van der Waals surface area contributed by atoms with Crippen LogP contribution in [0.15, 0.2) is 60.9 Å². The maximum Gasteiger partial charge on any atom is 0.261 e. The molecule has 2 unspecified atom stereocenters. The van der Waals surface area contributed by atoms with Crippen molar-refractivity contribution in [1.29, 1.82) is 0 Å². The number of anilines is 1. The molecule has 1 amide bonds. The second kappa shape index (κ2) is 13.4. The average Bonchev–Trinajstić information content (AvgIpc) is 3.44. The Morgan fingerprint density at radius 3 is 2.74 bits per heavy atom. The van der Waals surface area contributed by atoms with Gasteiger partial charge >= 0.3 is 0 Å². The Morgan fingerprint density at radius 1 is 1.13 bits per heavy atom. The molecule has 0 saturated carbocycles. The molecule has 1 aromatic carbocycles. The number of sulfonamides is 1. The molecule has 2 N–H and O–H groups in total. The molecule has 1 aliphatic heterocycles. The van der Waals surface area contributed by atoms with E-state index in [2.05, 4.69) is 52.8 Å². The van der Waals surface area contributed by atoms with Crippen LogP contribution in [0.1, 0.15) is 90.5 Å². The zero-order valence-electron chi connectivity index (χ0n) is 27.3. The number of aryl methyl sites for hydroxylation is 1. The number of pyridine rings is 2. The summed E-state index contributed by atoms with van der Waals surface area (Å²) >= 11 is 1.45. The molecule has 10 heteroatoms. The lowest BCUT2D eigenvalue weighted by molar-refractivity contribution is 0.0933. The molecule has 2 aliphatic rings. The molecule has 1 fully saturated rings. The average molecular weight is 660 g/mol. The fraction of sp³-hybridized carbons (Fsp3) is 0.472. The summed E-state index contributed by atoms with van der Waals surface area (Å²) < 4.78 is 26.5. The van der Waals surface area contributed by atoms with Gasteiger partial charge in [-0.1, -0.05) is 39.0 Å². The minimum Gasteiger partial charge on any atom is -0.344 e. The molecule has 1 aliphatic carbocycles. The number of rotatable bonds is 9. The van der Waals surface area contributed by atoms with Gasteiger partial charge in [0.05, 0.1) is 17.2 Å². The normalized spacial score (nSPS) is 19.8. The van der Waals surface area contributed by atoms with Crippen LogP contribution in [0.5, 0.6) is 0 Å². The van der Waals surface area contributed by atoms with Crippen LogP contribution in [0.25, 0.3) is 10.2 Å². The summed E-state index contributed by atoms with van der Waals surface area (Å²) in [6.07, 6.45) is 11.0. The van der Waals surface area contributed by atoms with Gasteiger partial charge in [0, 0.05) is 42.3 Å². The van der Waals surface area contributed by atoms with Crippen LogP contribution < -0.4 is 10.0 Å². The largest absolute Gasteiger partial charge is 0.344 e. The number of thiophene rings is 1. The Balaban J connectivity index is 1.21. The first-order valence-corrected chi connectivity index (χ1v) is 19.1. The quantitative estimate of drug-likeness (QED) is 0.202. The van der Waals surface area contributed by atoms with Gasteiger partial charge in [0.1, 0.15) is 4.83 Å². The van der Waals surface area contributed by atoms with Gasteiger partial charge in [-0.05, 0) is 109 Å².